The molecule has 1 aliphatic heterocycles. The van der Waals surface area contributed by atoms with Gasteiger partial charge in [-0.2, -0.15) is 0 Å². The van der Waals surface area contributed by atoms with E-state index in [-0.39, 0.29) is 11.8 Å². The second kappa shape index (κ2) is 7.42. The number of fused-ring (bicyclic) bond motifs is 4. The van der Waals surface area contributed by atoms with Crippen LogP contribution in [0.5, 0.6) is 0 Å². The van der Waals surface area contributed by atoms with E-state index in [1.165, 1.54) is 53.6 Å². The van der Waals surface area contributed by atoms with Crippen molar-refractivity contribution >= 4 is 87.2 Å². The molecule has 0 saturated heterocycles. The third kappa shape index (κ3) is 2.49. The molecule has 0 saturated carbocycles. The van der Waals surface area contributed by atoms with Crippen LogP contribution in [0.3, 0.4) is 0 Å². The molecule has 0 spiro atoms. The number of hydrogen-bond acceptors (Lipinski definition) is 2. The SMILES string of the molecule is CC.Cc1ccc2c3ccc4c5ccc6c7c(ccc(c8ccc(c9cccc1c92)c3c84)c75)C(=O)N(C)C6=O. The van der Waals surface area contributed by atoms with Gasteiger partial charge in [0.1, 0.15) is 0 Å². The van der Waals surface area contributed by atoms with Crippen LogP contribution in [0.15, 0.2) is 78.9 Å². The van der Waals surface area contributed by atoms with E-state index in [0.717, 1.165) is 32.3 Å². The number of imide groups is 1. The normalized spacial score (nSPS) is 13.7. The fraction of sp³-hybridized carbons (Fsp3) is 0.111. The molecule has 8 aromatic carbocycles. The molecule has 0 fully saturated rings. The summed E-state index contributed by atoms with van der Waals surface area (Å²) in [6, 6.07) is 28.0. The van der Waals surface area contributed by atoms with Crippen molar-refractivity contribution in [1.82, 2.24) is 4.90 Å². The second-order valence-corrected chi connectivity index (χ2v) is 10.5. The lowest BCUT2D eigenvalue weighted by Crippen LogP contribution is -2.36. The van der Waals surface area contributed by atoms with Gasteiger partial charge in [0.05, 0.1) is 0 Å². The summed E-state index contributed by atoms with van der Waals surface area (Å²) in [5.74, 6) is -0.477. The second-order valence-electron chi connectivity index (χ2n) is 10.5. The van der Waals surface area contributed by atoms with E-state index in [1.807, 2.05) is 26.0 Å². The number of hydrogen-bond donors (Lipinski definition) is 0. The Morgan fingerprint density at radius 1 is 0.436 bits per heavy atom. The van der Waals surface area contributed by atoms with Crippen molar-refractivity contribution in [3.63, 3.8) is 0 Å². The number of amides is 2. The standard InChI is InChI=1S/C34H19NO2.C2H6/c1-16-6-7-19-21-9-11-23-25-13-15-27-32-26(33(36)35(2)34(27)37)14-12-24(31(25)32)22-10-8-20(29(21)30(22)23)18-5-3-4-17(16)28(18)19;1-2/h3-15H,1-2H3;1-2H3. The summed E-state index contributed by atoms with van der Waals surface area (Å²) in [6.45, 7) is 6.18. The maximum Gasteiger partial charge on any atom is 0.261 e. The first-order valence-corrected chi connectivity index (χ1v) is 13.6. The van der Waals surface area contributed by atoms with Gasteiger partial charge < -0.3 is 0 Å². The number of aryl methyl sites for hydroxylation is 1. The number of rotatable bonds is 0. The van der Waals surface area contributed by atoms with Crippen molar-refractivity contribution in [1.29, 1.82) is 0 Å². The molecule has 0 bridgehead atoms. The molecule has 8 aromatic rings. The van der Waals surface area contributed by atoms with E-state index in [9.17, 15) is 9.59 Å². The molecular weight excluding hydrogens is 478 g/mol. The lowest BCUT2D eigenvalue weighted by atomic mass is 9.82. The Labute approximate surface area is 224 Å². The van der Waals surface area contributed by atoms with E-state index in [1.54, 1.807) is 7.05 Å². The lowest BCUT2D eigenvalue weighted by molar-refractivity contribution is 0.0651. The van der Waals surface area contributed by atoms with Crippen molar-refractivity contribution in [3.05, 3.63) is 95.6 Å². The van der Waals surface area contributed by atoms with Gasteiger partial charge in [-0.1, -0.05) is 80.6 Å². The minimum absolute atomic E-state index is 0.239. The summed E-state index contributed by atoms with van der Waals surface area (Å²) in [7, 11) is 1.56. The molecule has 186 valence electrons. The van der Waals surface area contributed by atoms with E-state index in [0.29, 0.717) is 11.1 Å². The van der Waals surface area contributed by atoms with E-state index < -0.39 is 0 Å². The Bertz CT molecular complexity index is 2240. The first-order valence-electron chi connectivity index (χ1n) is 13.6. The van der Waals surface area contributed by atoms with E-state index in [4.69, 9.17) is 0 Å². The van der Waals surface area contributed by atoms with Crippen LogP contribution in [-0.4, -0.2) is 23.8 Å². The highest BCUT2D eigenvalue weighted by atomic mass is 16.2. The zero-order valence-electron chi connectivity index (χ0n) is 22.3. The predicted octanol–water partition coefficient (Wildman–Crippen LogP) is 9.20. The Balaban J connectivity index is 0.00000115. The number of carbonyl (C=O) groups is 2. The van der Waals surface area contributed by atoms with Gasteiger partial charge in [0.25, 0.3) is 11.8 Å². The third-order valence-corrected chi connectivity index (χ3v) is 8.81. The summed E-state index contributed by atoms with van der Waals surface area (Å²) >= 11 is 0. The van der Waals surface area contributed by atoms with Crippen molar-refractivity contribution in [2.75, 3.05) is 7.05 Å². The van der Waals surface area contributed by atoms with Crippen molar-refractivity contribution in [3.8, 4) is 0 Å². The van der Waals surface area contributed by atoms with Crippen LogP contribution in [0, 0.1) is 6.92 Å². The highest BCUT2D eigenvalue weighted by Crippen LogP contribution is 2.48. The largest absolute Gasteiger partial charge is 0.277 e. The zero-order chi connectivity index (χ0) is 26.7. The van der Waals surface area contributed by atoms with Gasteiger partial charge in [-0.05, 0) is 94.6 Å². The summed E-state index contributed by atoms with van der Waals surface area (Å²) < 4.78 is 0. The minimum Gasteiger partial charge on any atom is -0.277 e. The van der Waals surface area contributed by atoms with E-state index in [2.05, 4.69) is 73.7 Å². The number of carbonyl (C=O) groups excluding carboxylic acids is 2. The fourth-order valence-electron chi connectivity index (χ4n) is 7.15. The first kappa shape index (κ1) is 22.2. The van der Waals surface area contributed by atoms with Crippen LogP contribution in [0.1, 0.15) is 40.1 Å². The Morgan fingerprint density at radius 3 is 1.31 bits per heavy atom. The molecule has 9 rings (SSSR count). The minimum atomic E-state index is -0.239. The smallest absolute Gasteiger partial charge is 0.261 e. The molecule has 0 aromatic heterocycles. The molecule has 0 radical (unpaired) electrons. The lowest BCUT2D eigenvalue weighted by Gasteiger charge is -2.26. The molecule has 3 nitrogen and oxygen atoms in total. The Kier molecular flexibility index (Phi) is 4.23. The zero-order valence-corrected chi connectivity index (χ0v) is 22.3. The molecular formula is C36H25NO2. The average molecular weight is 504 g/mol. The molecule has 0 N–H and O–H groups in total. The van der Waals surface area contributed by atoms with Crippen molar-refractivity contribution < 1.29 is 9.59 Å². The Morgan fingerprint density at radius 2 is 0.795 bits per heavy atom. The molecule has 3 heteroatoms. The number of nitrogens with zero attached hydrogens (tertiary/aromatic N) is 1. The molecule has 2 amide bonds. The molecule has 0 atom stereocenters. The summed E-state index contributed by atoms with van der Waals surface area (Å²) in [4.78, 5) is 27.3. The molecule has 0 aliphatic carbocycles. The van der Waals surface area contributed by atoms with Crippen LogP contribution in [0.2, 0.25) is 0 Å². The predicted molar refractivity (Wildman–Crippen MR) is 164 cm³/mol. The molecule has 0 unspecified atom stereocenters. The summed E-state index contributed by atoms with van der Waals surface area (Å²) in [5.41, 5.74) is 2.49. The molecule has 1 aliphatic rings. The monoisotopic (exact) mass is 503 g/mol. The fourth-order valence-corrected chi connectivity index (χ4v) is 7.15. The van der Waals surface area contributed by atoms with Crippen LogP contribution in [0.4, 0.5) is 0 Å². The Hall–Kier alpha value is -4.76. The van der Waals surface area contributed by atoms with Gasteiger partial charge in [0.2, 0.25) is 0 Å². The van der Waals surface area contributed by atoms with Crippen LogP contribution in [0.25, 0.3) is 75.4 Å². The molecule has 1 heterocycles. The average Bonchev–Trinajstić information content (AvgIpc) is 2.98. The summed E-state index contributed by atoms with van der Waals surface area (Å²) in [5, 5.41) is 16.5. The van der Waals surface area contributed by atoms with Gasteiger partial charge >= 0.3 is 0 Å². The molecule has 39 heavy (non-hydrogen) atoms. The van der Waals surface area contributed by atoms with Gasteiger partial charge in [0, 0.05) is 23.6 Å². The van der Waals surface area contributed by atoms with Gasteiger partial charge in [-0.3, -0.25) is 14.5 Å². The maximum absolute atomic E-state index is 13.1. The highest BCUT2D eigenvalue weighted by Gasteiger charge is 2.32. The van der Waals surface area contributed by atoms with Gasteiger partial charge in [-0.15, -0.1) is 0 Å². The maximum atomic E-state index is 13.1. The first-order chi connectivity index (χ1) is 19.0. The van der Waals surface area contributed by atoms with Crippen molar-refractivity contribution in [2.45, 2.75) is 20.8 Å². The van der Waals surface area contributed by atoms with Crippen LogP contribution in [-0.2, 0) is 0 Å². The van der Waals surface area contributed by atoms with E-state index >= 15 is 0 Å². The van der Waals surface area contributed by atoms with Crippen LogP contribution >= 0.6 is 0 Å². The summed E-state index contributed by atoms with van der Waals surface area (Å²) in [6.07, 6.45) is 0. The topological polar surface area (TPSA) is 37.4 Å². The van der Waals surface area contributed by atoms with Gasteiger partial charge in [0.15, 0.2) is 0 Å². The highest BCUT2D eigenvalue weighted by molar-refractivity contribution is 6.44. The van der Waals surface area contributed by atoms with Gasteiger partial charge in [-0.25, -0.2) is 0 Å². The van der Waals surface area contributed by atoms with Crippen molar-refractivity contribution in [2.24, 2.45) is 0 Å². The third-order valence-electron chi connectivity index (χ3n) is 8.81. The van der Waals surface area contributed by atoms with Crippen LogP contribution < -0.4 is 0 Å². The number of benzene rings is 8. The quantitative estimate of drug-likeness (QED) is 0.117.